The van der Waals surface area contributed by atoms with Crippen molar-refractivity contribution < 1.29 is 24.9 Å². The molecule has 0 radical (unpaired) electrons. The highest BCUT2D eigenvalue weighted by Crippen LogP contribution is 2.37. The second kappa shape index (κ2) is 4.91. The zero-order valence-corrected chi connectivity index (χ0v) is 10.3. The lowest BCUT2D eigenvalue weighted by Crippen LogP contribution is -2.02. The Morgan fingerprint density at radius 2 is 1.61 bits per heavy atom. The number of hydrogen-bond donors (Lipinski definition) is 3. The summed E-state index contributed by atoms with van der Waals surface area (Å²) < 4.78 is 0. The number of aromatic carboxylic acids is 1. The van der Waals surface area contributed by atoms with Gasteiger partial charge in [-0.3, -0.25) is 4.79 Å². The summed E-state index contributed by atoms with van der Waals surface area (Å²) in [6.07, 6.45) is 2.57. The molecule has 0 amide bonds. The van der Waals surface area contributed by atoms with Crippen LogP contribution in [0.15, 0.2) is 6.08 Å². The van der Waals surface area contributed by atoms with Gasteiger partial charge in [-0.05, 0) is 44.1 Å². The van der Waals surface area contributed by atoms with Crippen LogP contribution in [-0.4, -0.2) is 27.1 Å². The van der Waals surface area contributed by atoms with E-state index < -0.39 is 23.0 Å². The van der Waals surface area contributed by atoms with Crippen molar-refractivity contribution in [3.8, 4) is 11.5 Å². The van der Waals surface area contributed by atoms with Gasteiger partial charge in [-0.2, -0.15) is 0 Å². The zero-order valence-electron chi connectivity index (χ0n) is 10.3. The maximum absolute atomic E-state index is 11.0. The molecular formula is C13H14O5. The number of rotatable bonds is 3. The van der Waals surface area contributed by atoms with E-state index in [0.29, 0.717) is 11.1 Å². The first-order valence-electron chi connectivity index (χ1n) is 5.24. The molecule has 96 valence electrons. The second-order valence-corrected chi connectivity index (χ2v) is 3.99. The molecule has 0 aromatic heterocycles. The van der Waals surface area contributed by atoms with E-state index >= 15 is 0 Å². The molecule has 0 fully saturated rings. The largest absolute Gasteiger partial charge is 0.507 e. The minimum atomic E-state index is -1.43. The third-order valence-corrected chi connectivity index (χ3v) is 2.75. The van der Waals surface area contributed by atoms with E-state index in [-0.39, 0.29) is 11.3 Å². The van der Waals surface area contributed by atoms with E-state index in [1.807, 2.05) is 0 Å². The highest BCUT2D eigenvalue weighted by molar-refractivity contribution is 5.98. The van der Waals surface area contributed by atoms with Gasteiger partial charge >= 0.3 is 5.97 Å². The molecule has 0 aliphatic rings. The molecule has 0 atom stereocenters. The van der Waals surface area contributed by atoms with Crippen molar-refractivity contribution in [1.29, 1.82) is 0 Å². The molecule has 0 saturated heterocycles. The van der Waals surface area contributed by atoms with Gasteiger partial charge in [-0.25, -0.2) is 4.79 Å². The van der Waals surface area contributed by atoms with Gasteiger partial charge in [0, 0.05) is 5.56 Å². The predicted molar refractivity (Wildman–Crippen MR) is 65.9 cm³/mol. The molecule has 0 saturated carbocycles. The maximum Gasteiger partial charge on any atom is 0.343 e. The molecule has 5 nitrogen and oxygen atoms in total. The normalized spacial score (nSPS) is 10.8. The number of hydrogen-bond acceptors (Lipinski definition) is 4. The van der Waals surface area contributed by atoms with E-state index in [1.54, 1.807) is 13.8 Å². The second-order valence-electron chi connectivity index (χ2n) is 3.99. The van der Waals surface area contributed by atoms with Crippen LogP contribution >= 0.6 is 0 Å². The first kappa shape index (κ1) is 13.8. The van der Waals surface area contributed by atoms with Crippen LogP contribution in [0.2, 0.25) is 0 Å². The molecule has 0 unspecified atom stereocenters. The number of benzene rings is 1. The number of carbonyl (C=O) groups excluding carboxylic acids is 1. The highest BCUT2D eigenvalue weighted by Gasteiger charge is 2.22. The Morgan fingerprint density at radius 1 is 1.06 bits per heavy atom. The first-order valence-corrected chi connectivity index (χ1v) is 5.24. The van der Waals surface area contributed by atoms with Crippen LogP contribution in [0.4, 0.5) is 0 Å². The van der Waals surface area contributed by atoms with Gasteiger partial charge < -0.3 is 15.3 Å². The van der Waals surface area contributed by atoms with Gasteiger partial charge in [0.05, 0.1) is 0 Å². The molecule has 0 heterocycles. The molecular weight excluding hydrogens is 236 g/mol. The fourth-order valence-corrected chi connectivity index (χ4v) is 1.60. The fourth-order valence-electron chi connectivity index (χ4n) is 1.60. The van der Waals surface area contributed by atoms with Gasteiger partial charge in [0.2, 0.25) is 0 Å². The molecule has 1 aromatic rings. The van der Waals surface area contributed by atoms with Crippen LogP contribution in [0.25, 0.3) is 6.08 Å². The summed E-state index contributed by atoms with van der Waals surface area (Å²) in [4.78, 5) is 21.9. The summed E-state index contributed by atoms with van der Waals surface area (Å²) in [5, 5.41) is 28.5. The maximum atomic E-state index is 11.0. The lowest BCUT2D eigenvalue weighted by Gasteiger charge is -2.13. The van der Waals surface area contributed by atoms with Crippen LogP contribution < -0.4 is 0 Å². The quantitative estimate of drug-likeness (QED) is 0.713. The standard InChI is InChI=1S/C13H14O5/c1-6(14)4-5-9-7(2)8(3)11(15)10(12(9)16)13(17)18/h4-5,15-16H,1-3H3,(H,17,18)/b5-4+. The average molecular weight is 250 g/mol. The van der Waals surface area contributed by atoms with Crippen LogP contribution in [-0.2, 0) is 4.79 Å². The van der Waals surface area contributed by atoms with E-state index in [0.717, 1.165) is 0 Å². The molecule has 5 heteroatoms. The zero-order chi connectivity index (χ0) is 14.0. The molecule has 1 rings (SSSR count). The Morgan fingerprint density at radius 3 is 2.06 bits per heavy atom. The summed E-state index contributed by atoms with van der Waals surface area (Å²) in [6.45, 7) is 4.51. The molecule has 18 heavy (non-hydrogen) atoms. The minimum absolute atomic E-state index is 0.220. The van der Waals surface area contributed by atoms with Gasteiger partial charge in [0.25, 0.3) is 0 Å². The number of carboxylic acid groups (broad SMARTS) is 1. The van der Waals surface area contributed by atoms with Crippen LogP contribution in [0.3, 0.4) is 0 Å². The van der Waals surface area contributed by atoms with Crippen LogP contribution in [0, 0.1) is 13.8 Å². The average Bonchev–Trinajstić information content (AvgIpc) is 2.25. The van der Waals surface area contributed by atoms with Crippen molar-refractivity contribution in [2.45, 2.75) is 20.8 Å². The Labute approximate surface area is 104 Å². The summed E-state index contributed by atoms with van der Waals surface area (Å²) in [6, 6.07) is 0. The molecule has 0 bridgehead atoms. The van der Waals surface area contributed by atoms with Crippen molar-refractivity contribution in [2.24, 2.45) is 0 Å². The van der Waals surface area contributed by atoms with Crippen molar-refractivity contribution >= 4 is 17.8 Å². The third-order valence-electron chi connectivity index (χ3n) is 2.75. The van der Waals surface area contributed by atoms with E-state index in [4.69, 9.17) is 5.11 Å². The number of carboxylic acids is 1. The van der Waals surface area contributed by atoms with E-state index in [2.05, 4.69) is 0 Å². The highest BCUT2D eigenvalue weighted by atomic mass is 16.4. The lowest BCUT2D eigenvalue weighted by molar-refractivity contribution is -0.112. The van der Waals surface area contributed by atoms with Gasteiger partial charge in [0.1, 0.15) is 17.1 Å². The Balaban J connectivity index is 3.62. The number of phenols is 2. The molecule has 0 aliphatic heterocycles. The van der Waals surface area contributed by atoms with Crippen LogP contribution in [0.1, 0.15) is 34.0 Å². The van der Waals surface area contributed by atoms with Gasteiger partial charge in [-0.1, -0.05) is 0 Å². The molecule has 0 aliphatic carbocycles. The summed E-state index contributed by atoms with van der Waals surface area (Å²) in [7, 11) is 0. The van der Waals surface area contributed by atoms with Crippen molar-refractivity contribution in [3.05, 3.63) is 28.3 Å². The smallest absolute Gasteiger partial charge is 0.343 e. The van der Waals surface area contributed by atoms with E-state index in [9.17, 15) is 19.8 Å². The molecule has 1 aromatic carbocycles. The Hall–Kier alpha value is -2.30. The first-order chi connectivity index (χ1) is 8.27. The SMILES string of the molecule is CC(=O)/C=C/c1c(C)c(C)c(O)c(C(=O)O)c1O. The molecule has 0 spiro atoms. The number of allylic oxidation sites excluding steroid dienone is 1. The van der Waals surface area contributed by atoms with Crippen LogP contribution in [0.5, 0.6) is 11.5 Å². The summed E-state index contributed by atoms with van der Waals surface area (Å²) in [5.74, 6) is -2.65. The third kappa shape index (κ3) is 2.34. The Kier molecular flexibility index (Phi) is 3.76. The van der Waals surface area contributed by atoms with Gasteiger partial charge in [0.15, 0.2) is 5.78 Å². The van der Waals surface area contributed by atoms with E-state index in [1.165, 1.54) is 19.1 Å². The molecule has 3 N–H and O–H groups in total. The van der Waals surface area contributed by atoms with Gasteiger partial charge in [-0.15, -0.1) is 0 Å². The fraction of sp³-hybridized carbons (Fsp3) is 0.231. The topological polar surface area (TPSA) is 94.8 Å². The van der Waals surface area contributed by atoms with Crippen molar-refractivity contribution in [3.63, 3.8) is 0 Å². The Bertz CT molecular complexity index is 555. The summed E-state index contributed by atoms with van der Waals surface area (Å²) >= 11 is 0. The number of ketones is 1. The number of aromatic hydroxyl groups is 2. The predicted octanol–water partition coefficient (Wildman–Crippen LogP) is 2.02. The summed E-state index contributed by atoms with van der Waals surface area (Å²) in [5.41, 5.74) is 0.542. The number of carbonyl (C=O) groups is 2. The van der Waals surface area contributed by atoms with Crippen molar-refractivity contribution in [2.75, 3.05) is 0 Å². The lowest BCUT2D eigenvalue weighted by atomic mass is 9.96. The minimum Gasteiger partial charge on any atom is -0.507 e. The van der Waals surface area contributed by atoms with Crippen molar-refractivity contribution in [1.82, 2.24) is 0 Å². The monoisotopic (exact) mass is 250 g/mol.